The van der Waals surface area contributed by atoms with Gasteiger partial charge >= 0.3 is 0 Å². The van der Waals surface area contributed by atoms with E-state index in [0.29, 0.717) is 12.0 Å². The number of allylic oxidation sites excluding steroid dienone is 4. The maximum atomic E-state index is 10.9. The molecule has 1 aliphatic carbocycles. The second-order valence-corrected chi connectivity index (χ2v) is 2.19. The van der Waals surface area contributed by atoms with Crippen LogP contribution in [-0.2, 0) is 26.1 Å². The van der Waals surface area contributed by atoms with Gasteiger partial charge in [-0.25, -0.2) is 0 Å². The molecule has 11 heavy (non-hydrogen) atoms. The number of hydrogen-bond acceptors (Lipinski definition) is 2. The van der Waals surface area contributed by atoms with E-state index >= 15 is 0 Å². The molecule has 0 N–H and O–H groups in total. The Kier molecular flexibility index (Phi) is 3.98. The molecular formula is C8H8NiO2. The van der Waals surface area contributed by atoms with Crippen molar-refractivity contribution >= 4 is 11.6 Å². The summed E-state index contributed by atoms with van der Waals surface area (Å²) < 4.78 is 0. The molecule has 0 radical (unpaired) electrons. The fourth-order valence-corrected chi connectivity index (χ4v) is 0.856. The Morgan fingerprint density at radius 1 is 1.55 bits per heavy atom. The van der Waals surface area contributed by atoms with E-state index in [1.54, 1.807) is 18.2 Å². The number of rotatable bonds is 1. The summed E-state index contributed by atoms with van der Waals surface area (Å²) in [5.74, 6) is -0.218. The summed E-state index contributed by atoms with van der Waals surface area (Å²) in [6.45, 7) is 1.41. The van der Waals surface area contributed by atoms with Gasteiger partial charge in [-0.05, 0) is 13.0 Å². The molecule has 1 rings (SSSR count). The molecule has 0 saturated heterocycles. The van der Waals surface area contributed by atoms with Gasteiger partial charge in [0.05, 0.1) is 5.57 Å². The van der Waals surface area contributed by atoms with Crippen LogP contribution >= 0.6 is 0 Å². The van der Waals surface area contributed by atoms with Gasteiger partial charge in [-0.2, -0.15) is 0 Å². The van der Waals surface area contributed by atoms with Crippen molar-refractivity contribution in [1.29, 1.82) is 0 Å². The Hall–Kier alpha value is -0.686. The molecule has 0 heterocycles. The smallest absolute Gasteiger partial charge is 0.170 e. The molecule has 0 bridgehead atoms. The molecule has 0 aromatic carbocycles. The summed E-state index contributed by atoms with van der Waals surface area (Å²) in [5, 5.41) is 0. The van der Waals surface area contributed by atoms with Crippen LogP contribution in [0.4, 0.5) is 0 Å². The van der Waals surface area contributed by atoms with Crippen LogP contribution in [0, 0.1) is 0 Å². The summed E-state index contributed by atoms with van der Waals surface area (Å²) in [4.78, 5) is 21.6. The van der Waals surface area contributed by atoms with Crippen molar-refractivity contribution in [3.63, 3.8) is 0 Å². The zero-order valence-electron chi connectivity index (χ0n) is 6.07. The van der Waals surface area contributed by atoms with Gasteiger partial charge in [0.2, 0.25) is 0 Å². The maximum Gasteiger partial charge on any atom is 0.170 e. The first-order valence-corrected chi connectivity index (χ1v) is 3.13. The molecule has 1 aliphatic rings. The first-order chi connectivity index (χ1) is 4.72. The van der Waals surface area contributed by atoms with E-state index in [0.717, 1.165) is 0 Å². The van der Waals surface area contributed by atoms with E-state index in [4.69, 9.17) is 0 Å². The first kappa shape index (κ1) is 10.3. The zero-order chi connectivity index (χ0) is 7.56. The third-order valence-electron chi connectivity index (χ3n) is 1.38. The Morgan fingerprint density at radius 3 is 2.55 bits per heavy atom. The Bertz CT molecular complexity index is 238. The molecule has 0 aromatic heterocycles. The Morgan fingerprint density at radius 2 is 2.18 bits per heavy atom. The molecule has 0 unspecified atom stereocenters. The van der Waals surface area contributed by atoms with Gasteiger partial charge in [-0.15, -0.1) is 0 Å². The number of carbonyl (C=O) groups excluding carboxylic acids is 2. The van der Waals surface area contributed by atoms with Gasteiger partial charge < -0.3 is 0 Å². The summed E-state index contributed by atoms with van der Waals surface area (Å²) in [5.41, 5.74) is 0.322. The van der Waals surface area contributed by atoms with Crippen LogP contribution < -0.4 is 0 Å². The van der Waals surface area contributed by atoms with Gasteiger partial charge in [0.1, 0.15) is 0 Å². The summed E-state index contributed by atoms with van der Waals surface area (Å²) in [6, 6.07) is 0. The average Bonchev–Trinajstić information content (AvgIpc) is 1.88. The van der Waals surface area contributed by atoms with Gasteiger partial charge in [-0.1, -0.05) is 12.2 Å². The van der Waals surface area contributed by atoms with Crippen LogP contribution in [0.1, 0.15) is 13.3 Å². The number of Topliss-reactive ketones (excluding diaryl/α,β-unsaturated/α-hetero) is 2. The summed E-state index contributed by atoms with van der Waals surface area (Å²) >= 11 is 0. The Labute approximate surface area is 75.3 Å². The van der Waals surface area contributed by atoms with E-state index < -0.39 is 0 Å². The predicted molar refractivity (Wildman–Crippen MR) is 37.5 cm³/mol. The van der Waals surface area contributed by atoms with Crippen LogP contribution in [0.15, 0.2) is 23.8 Å². The van der Waals surface area contributed by atoms with E-state index in [9.17, 15) is 9.59 Å². The largest absolute Gasteiger partial charge is 0.294 e. The first-order valence-electron chi connectivity index (χ1n) is 3.13. The number of hydrogen-bond donors (Lipinski definition) is 0. The van der Waals surface area contributed by atoms with Gasteiger partial charge in [0.25, 0.3) is 0 Å². The topological polar surface area (TPSA) is 34.1 Å². The van der Waals surface area contributed by atoms with Crippen molar-refractivity contribution in [3.8, 4) is 0 Å². The second-order valence-electron chi connectivity index (χ2n) is 2.19. The average molecular weight is 195 g/mol. The van der Waals surface area contributed by atoms with Crippen LogP contribution in [0.5, 0.6) is 0 Å². The summed E-state index contributed by atoms with van der Waals surface area (Å²) in [6.07, 6.45) is 5.41. The van der Waals surface area contributed by atoms with Crippen molar-refractivity contribution in [2.24, 2.45) is 0 Å². The molecule has 0 fully saturated rings. The van der Waals surface area contributed by atoms with Gasteiger partial charge in [-0.3, -0.25) is 9.59 Å². The molecular weight excluding hydrogens is 187 g/mol. The summed E-state index contributed by atoms with van der Waals surface area (Å²) in [7, 11) is 0. The van der Waals surface area contributed by atoms with Crippen molar-refractivity contribution in [3.05, 3.63) is 23.8 Å². The number of carbonyl (C=O) groups is 2. The molecule has 0 aromatic rings. The standard InChI is InChI=1S/C8H8O2.Ni/c1-6(9)7-4-2-3-5-8(7)10;/h2-4H,5H2,1H3;. The van der Waals surface area contributed by atoms with Crippen LogP contribution in [0.25, 0.3) is 0 Å². The quantitative estimate of drug-likeness (QED) is 0.462. The van der Waals surface area contributed by atoms with E-state index in [2.05, 4.69) is 0 Å². The minimum atomic E-state index is -0.144. The maximum absolute atomic E-state index is 10.9. The molecule has 3 heteroatoms. The molecule has 0 spiro atoms. The fourth-order valence-electron chi connectivity index (χ4n) is 0.856. The SMILES string of the molecule is CC(=O)C1=CC=CCC1=O.[Ni]. The molecule has 0 amide bonds. The normalized spacial score (nSPS) is 15.4. The second kappa shape index (κ2) is 4.25. The van der Waals surface area contributed by atoms with Crippen molar-refractivity contribution in [2.45, 2.75) is 13.3 Å². The van der Waals surface area contributed by atoms with Crippen LogP contribution in [0.3, 0.4) is 0 Å². The van der Waals surface area contributed by atoms with Gasteiger partial charge in [0, 0.05) is 22.9 Å². The molecule has 2 nitrogen and oxygen atoms in total. The van der Waals surface area contributed by atoms with Crippen molar-refractivity contribution in [2.75, 3.05) is 0 Å². The van der Waals surface area contributed by atoms with Crippen LogP contribution in [0.2, 0.25) is 0 Å². The number of ketones is 2. The van der Waals surface area contributed by atoms with Crippen molar-refractivity contribution in [1.82, 2.24) is 0 Å². The molecule has 0 aliphatic heterocycles. The van der Waals surface area contributed by atoms with Crippen LogP contribution in [-0.4, -0.2) is 11.6 Å². The van der Waals surface area contributed by atoms with E-state index in [1.807, 2.05) is 0 Å². The minimum Gasteiger partial charge on any atom is -0.294 e. The fraction of sp³-hybridized carbons (Fsp3) is 0.250. The third kappa shape index (κ3) is 2.43. The van der Waals surface area contributed by atoms with E-state index in [-0.39, 0.29) is 28.1 Å². The molecule has 0 saturated carbocycles. The molecule has 62 valence electrons. The molecule has 0 atom stereocenters. The van der Waals surface area contributed by atoms with Gasteiger partial charge in [0.15, 0.2) is 11.6 Å². The predicted octanol–water partition coefficient (Wildman–Crippen LogP) is 1.03. The zero-order valence-corrected chi connectivity index (χ0v) is 7.06. The van der Waals surface area contributed by atoms with E-state index in [1.165, 1.54) is 6.92 Å². The monoisotopic (exact) mass is 194 g/mol. The van der Waals surface area contributed by atoms with Crippen molar-refractivity contribution < 1.29 is 26.1 Å². The Balaban J connectivity index is 0.000001000. The third-order valence-corrected chi connectivity index (χ3v) is 1.38. The minimum absolute atomic E-state index is 0.